The van der Waals surface area contributed by atoms with Crippen LogP contribution in [-0.4, -0.2) is 7.05 Å². The lowest BCUT2D eigenvalue weighted by Gasteiger charge is -2.28. The first-order chi connectivity index (χ1) is 9.13. The van der Waals surface area contributed by atoms with Crippen molar-refractivity contribution in [3.8, 4) is 0 Å². The highest BCUT2D eigenvalue weighted by atomic mass is 16.3. The van der Waals surface area contributed by atoms with Crippen molar-refractivity contribution in [1.82, 2.24) is 5.32 Å². The van der Waals surface area contributed by atoms with Gasteiger partial charge in [0.15, 0.2) is 0 Å². The molecule has 1 aromatic heterocycles. The number of furan rings is 1. The lowest BCUT2D eigenvalue weighted by Crippen LogP contribution is -2.29. The Morgan fingerprint density at radius 3 is 2.15 bits per heavy atom. The third-order valence-electron chi connectivity index (χ3n) is 3.84. The summed E-state index contributed by atoms with van der Waals surface area (Å²) >= 11 is 0. The van der Waals surface area contributed by atoms with Crippen molar-refractivity contribution in [2.75, 3.05) is 7.05 Å². The summed E-state index contributed by atoms with van der Waals surface area (Å²) in [6.07, 6.45) is 0. The third kappa shape index (κ3) is 2.90. The summed E-state index contributed by atoms with van der Waals surface area (Å²) in [5, 5.41) is 4.56. The van der Waals surface area contributed by atoms with Crippen LogP contribution in [0.1, 0.15) is 58.9 Å². The molecule has 0 radical (unpaired) electrons. The molecule has 1 N–H and O–H groups in total. The molecular formula is C18H27NO. The zero-order chi connectivity index (χ0) is 15.1. The Morgan fingerprint density at radius 2 is 1.65 bits per heavy atom. The van der Waals surface area contributed by atoms with E-state index >= 15 is 0 Å². The average molecular weight is 273 g/mol. The lowest BCUT2D eigenvalue weighted by molar-refractivity contribution is 0.253. The fraction of sp³-hybridized carbons (Fsp3) is 0.556. The summed E-state index contributed by atoms with van der Waals surface area (Å²) in [7, 11) is 1.99. The molecule has 0 saturated carbocycles. The Kier molecular flexibility index (Phi) is 3.72. The standard InChI is InChI=1S/C18H27NO/c1-17(2,3)13-8-9-14-12(10-13)11-15(20-14)16(19-7)18(4,5)6/h8-11,16,19H,1-7H3. The number of benzene rings is 1. The van der Waals surface area contributed by atoms with Gasteiger partial charge in [0, 0.05) is 5.39 Å². The molecular weight excluding hydrogens is 246 g/mol. The second kappa shape index (κ2) is 4.92. The monoisotopic (exact) mass is 273 g/mol. The molecule has 20 heavy (non-hydrogen) atoms. The lowest BCUT2D eigenvalue weighted by atomic mass is 9.85. The van der Waals surface area contributed by atoms with Gasteiger partial charge in [-0.1, -0.05) is 47.6 Å². The van der Waals surface area contributed by atoms with Crippen LogP contribution in [0.15, 0.2) is 28.7 Å². The van der Waals surface area contributed by atoms with Gasteiger partial charge in [0.25, 0.3) is 0 Å². The van der Waals surface area contributed by atoms with Gasteiger partial charge in [-0.05, 0) is 41.6 Å². The molecule has 0 saturated heterocycles. The number of hydrogen-bond acceptors (Lipinski definition) is 2. The molecule has 0 fully saturated rings. The van der Waals surface area contributed by atoms with Crippen molar-refractivity contribution in [3.63, 3.8) is 0 Å². The van der Waals surface area contributed by atoms with Gasteiger partial charge in [0.2, 0.25) is 0 Å². The summed E-state index contributed by atoms with van der Waals surface area (Å²) in [6, 6.07) is 8.90. The Bertz CT molecular complexity index is 596. The first kappa shape index (κ1) is 15.1. The van der Waals surface area contributed by atoms with E-state index in [9.17, 15) is 0 Å². The number of nitrogens with one attached hydrogen (secondary N) is 1. The molecule has 0 spiro atoms. The van der Waals surface area contributed by atoms with Gasteiger partial charge in [-0.3, -0.25) is 0 Å². The molecule has 1 heterocycles. The van der Waals surface area contributed by atoms with Crippen LogP contribution in [-0.2, 0) is 5.41 Å². The third-order valence-corrected chi connectivity index (χ3v) is 3.84. The molecule has 1 aromatic carbocycles. The molecule has 2 nitrogen and oxygen atoms in total. The zero-order valence-corrected chi connectivity index (χ0v) is 13.8. The maximum absolute atomic E-state index is 6.05. The van der Waals surface area contributed by atoms with Gasteiger partial charge in [0.05, 0.1) is 6.04 Å². The molecule has 2 aromatic rings. The number of fused-ring (bicyclic) bond motifs is 1. The fourth-order valence-corrected chi connectivity index (χ4v) is 2.67. The minimum Gasteiger partial charge on any atom is -0.459 e. The van der Waals surface area contributed by atoms with Crippen LogP contribution in [0.2, 0.25) is 0 Å². The highest BCUT2D eigenvalue weighted by Crippen LogP contribution is 2.36. The van der Waals surface area contributed by atoms with Gasteiger partial charge in [0.1, 0.15) is 11.3 Å². The molecule has 1 unspecified atom stereocenters. The Labute approximate surface area is 122 Å². The fourth-order valence-electron chi connectivity index (χ4n) is 2.67. The van der Waals surface area contributed by atoms with Crippen LogP contribution in [0.25, 0.3) is 11.0 Å². The minimum atomic E-state index is 0.121. The smallest absolute Gasteiger partial charge is 0.134 e. The van der Waals surface area contributed by atoms with Crippen LogP contribution >= 0.6 is 0 Å². The SMILES string of the molecule is CNC(c1cc2cc(C(C)(C)C)ccc2o1)C(C)(C)C. The molecule has 0 aliphatic heterocycles. The second-order valence-electron chi connectivity index (χ2n) is 7.74. The van der Waals surface area contributed by atoms with Crippen LogP contribution in [0.3, 0.4) is 0 Å². The van der Waals surface area contributed by atoms with E-state index < -0.39 is 0 Å². The van der Waals surface area contributed by atoms with Gasteiger partial charge in [-0.2, -0.15) is 0 Å². The normalized spacial score (nSPS) is 14.8. The molecule has 0 aliphatic rings. The molecule has 110 valence electrons. The Hall–Kier alpha value is -1.28. The molecule has 2 heteroatoms. The van der Waals surface area contributed by atoms with Crippen molar-refractivity contribution >= 4 is 11.0 Å². The van der Waals surface area contributed by atoms with E-state index in [-0.39, 0.29) is 16.9 Å². The summed E-state index contributed by atoms with van der Waals surface area (Å²) in [4.78, 5) is 0. The molecule has 0 aliphatic carbocycles. The maximum atomic E-state index is 6.05. The van der Waals surface area contributed by atoms with Crippen LogP contribution in [0.4, 0.5) is 0 Å². The highest BCUT2D eigenvalue weighted by molar-refractivity contribution is 5.79. The van der Waals surface area contributed by atoms with Crippen molar-refractivity contribution in [3.05, 3.63) is 35.6 Å². The summed E-state index contributed by atoms with van der Waals surface area (Å²) < 4.78 is 6.05. The van der Waals surface area contributed by atoms with E-state index in [2.05, 4.69) is 71.1 Å². The molecule has 0 bridgehead atoms. The van der Waals surface area contributed by atoms with Crippen molar-refractivity contribution < 1.29 is 4.42 Å². The predicted octanol–water partition coefficient (Wildman–Crippen LogP) is 5.04. The van der Waals surface area contributed by atoms with Crippen molar-refractivity contribution in [1.29, 1.82) is 0 Å². The molecule has 0 amide bonds. The Morgan fingerprint density at radius 1 is 1.00 bits per heavy atom. The second-order valence-corrected chi connectivity index (χ2v) is 7.74. The highest BCUT2D eigenvalue weighted by Gasteiger charge is 2.28. The molecule has 1 atom stereocenters. The topological polar surface area (TPSA) is 25.2 Å². The van der Waals surface area contributed by atoms with E-state index in [0.29, 0.717) is 0 Å². The van der Waals surface area contributed by atoms with E-state index in [1.54, 1.807) is 0 Å². The minimum absolute atomic E-state index is 0.121. The maximum Gasteiger partial charge on any atom is 0.134 e. The zero-order valence-electron chi connectivity index (χ0n) is 13.8. The quantitative estimate of drug-likeness (QED) is 0.829. The first-order valence-corrected chi connectivity index (χ1v) is 7.34. The largest absolute Gasteiger partial charge is 0.459 e. The van der Waals surface area contributed by atoms with E-state index in [1.807, 2.05) is 7.05 Å². The number of hydrogen-bond donors (Lipinski definition) is 1. The van der Waals surface area contributed by atoms with Gasteiger partial charge >= 0.3 is 0 Å². The Balaban J connectivity index is 2.49. The van der Waals surface area contributed by atoms with Gasteiger partial charge in [-0.15, -0.1) is 0 Å². The van der Waals surface area contributed by atoms with E-state index in [4.69, 9.17) is 4.42 Å². The van der Waals surface area contributed by atoms with Crippen molar-refractivity contribution in [2.24, 2.45) is 5.41 Å². The number of rotatable bonds is 2. The first-order valence-electron chi connectivity index (χ1n) is 7.34. The van der Waals surface area contributed by atoms with Gasteiger partial charge in [-0.25, -0.2) is 0 Å². The van der Waals surface area contributed by atoms with E-state index in [0.717, 1.165) is 11.3 Å². The summed E-state index contributed by atoms with van der Waals surface area (Å²) in [6.45, 7) is 13.4. The molecule has 2 rings (SSSR count). The van der Waals surface area contributed by atoms with Crippen LogP contribution < -0.4 is 5.32 Å². The van der Waals surface area contributed by atoms with Gasteiger partial charge < -0.3 is 9.73 Å². The van der Waals surface area contributed by atoms with Crippen LogP contribution in [0, 0.1) is 5.41 Å². The van der Waals surface area contributed by atoms with Crippen LogP contribution in [0.5, 0.6) is 0 Å². The predicted molar refractivity (Wildman–Crippen MR) is 86.2 cm³/mol. The van der Waals surface area contributed by atoms with Crippen molar-refractivity contribution in [2.45, 2.75) is 53.0 Å². The van der Waals surface area contributed by atoms with E-state index in [1.165, 1.54) is 10.9 Å². The summed E-state index contributed by atoms with van der Waals surface area (Å²) in [5.74, 6) is 1.01. The average Bonchev–Trinajstić information content (AvgIpc) is 2.68. The summed E-state index contributed by atoms with van der Waals surface area (Å²) in [5.41, 5.74) is 2.60.